The van der Waals surface area contributed by atoms with E-state index in [2.05, 4.69) is 26.1 Å². The van der Waals surface area contributed by atoms with Gasteiger partial charge in [-0.2, -0.15) is 5.10 Å². The Morgan fingerprint density at radius 2 is 2.22 bits per heavy atom. The maximum Gasteiger partial charge on any atom is 0.153 e. The third kappa shape index (κ3) is 1.93. The lowest BCUT2D eigenvalue weighted by Crippen LogP contribution is -1.99. The number of aromatic amines is 1. The van der Waals surface area contributed by atoms with Gasteiger partial charge in [0, 0.05) is 16.6 Å². The Bertz CT molecular complexity index is 561. The number of nitrogens with one attached hydrogen (secondary N) is 1. The van der Waals surface area contributed by atoms with Gasteiger partial charge >= 0.3 is 0 Å². The van der Waals surface area contributed by atoms with Crippen molar-refractivity contribution >= 4 is 21.7 Å². The average molecular weight is 308 g/mol. The molecule has 1 aliphatic rings. The van der Waals surface area contributed by atoms with E-state index in [0.29, 0.717) is 5.82 Å². The maximum absolute atomic E-state index is 5.99. The number of aromatic nitrogens is 2. The number of rotatable bonds is 2. The zero-order valence-electron chi connectivity index (χ0n) is 9.82. The van der Waals surface area contributed by atoms with Gasteiger partial charge in [0.15, 0.2) is 5.82 Å². The monoisotopic (exact) mass is 307 g/mol. The first-order valence-electron chi connectivity index (χ1n) is 5.97. The molecule has 1 saturated heterocycles. The standard InChI is InChI=1S/C13H14BrN3O/c14-9-5-2-1-4-8(9)11-12(16-17-13(11)15)10-6-3-7-18-10/h1-2,4-5,10H,3,6-7H2,(H3,15,16,17). The van der Waals surface area contributed by atoms with Crippen LogP contribution >= 0.6 is 15.9 Å². The normalized spacial score (nSPS) is 19.3. The minimum atomic E-state index is 0.0805. The third-order valence-corrected chi connectivity index (χ3v) is 3.91. The van der Waals surface area contributed by atoms with E-state index < -0.39 is 0 Å². The number of anilines is 1. The van der Waals surface area contributed by atoms with Gasteiger partial charge in [-0.1, -0.05) is 34.1 Å². The van der Waals surface area contributed by atoms with Crippen molar-refractivity contribution in [3.8, 4) is 11.1 Å². The molecular weight excluding hydrogens is 294 g/mol. The fourth-order valence-corrected chi connectivity index (χ4v) is 2.84. The van der Waals surface area contributed by atoms with E-state index in [1.165, 1.54) is 0 Å². The fourth-order valence-electron chi connectivity index (χ4n) is 2.36. The van der Waals surface area contributed by atoms with Crippen LogP contribution in [0.1, 0.15) is 24.6 Å². The van der Waals surface area contributed by atoms with E-state index >= 15 is 0 Å². The SMILES string of the molecule is Nc1n[nH]c(C2CCCO2)c1-c1ccccc1Br. The van der Waals surface area contributed by atoms with Crippen molar-refractivity contribution in [2.45, 2.75) is 18.9 Å². The molecule has 0 amide bonds. The van der Waals surface area contributed by atoms with Gasteiger partial charge in [0.2, 0.25) is 0 Å². The highest BCUT2D eigenvalue weighted by Crippen LogP contribution is 2.39. The molecule has 0 saturated carbocycles. The van der Waals surface area contributed by atoms with E-state index in [0.717, 1.165) is 40.7 Å². The van der Waals surface area contributed by atoms with Crippen molar-refractivity contribution < 1.29 is 4.74 Å². The molecule has 5 heteroatoms. The van der Waals surface area contributed by atoms with Crippen LogP contribution in [-0.2, 0) is 4.74 Å². The summed E-state index contributed by atoms with van der Waals surface area (Å²) in [5.74, 6) is 0.521. The van der Waals surface area contributed by atoms with Crippen LogP contribution in [0.2, 0.25) is 0 Å². The number of hydrogen-bond donors (Lipinski definition) is 2. The molecule has 4 nitrogen and oxygen atoms in total. The second-order valence-electron chi connectivity index (χ2n) is 4.38. The summed E-state index contributed by atoms with van der Waals surface area (Å²) in [6.07, 6.45) is 2.18. The van der Waals surface area contributed by atoms with Crippen LogP contribution in [0.15, 0.2) is 28.7 Å². The van der Waals surface area contributed by atoms with Gasteiger partial charge < -0.3 is 10.5 Å². The number of H-pyrrole nitrogens is 1. The smallest absolute Gasteiger partial charge is 0.153 e. The van der Waals surface area contributed by atoms with Gasteiger partial charge in [-0.25, -0.2) is 0 Å². The van der Waals surface area contributed by atoms with Crippen LogP contribution in [0.3, 0.4) is 0 Å². The molecule has 0 spiro atoms. The van der Waals surface area contributed by atoms with Gasteiger partial charge in [-0.3, -0.25) is 5.10 Å². The summed E-state index contributed by atoms with van der Waals surface area (Å²) in [7, 11) is 0. The predicted molar refractivity (Wildman–Crippen MR) is 74.1 cm³/mol. The number of benzene rings is 1. The Hall–Kier alpha value is -1.33. The molecule has 1 aromatic heterocycles. The molecular formula is C13H14BrN3O. The van der Waals surface area contributed by atoms with Crippen LogP contribution < -0.4 is 5.73 Å². The number of halogens is 1. The molecule has 1 aliphatic heterocycles. The second kappa shape index (κ2) is 4.74. The first-order chi connectivity index (χ1) is 8.77. The quantitative estimate of drug-likeness (QED) is 0.895. The van der Waals surface area contributed by atoms with Crippen molar-refractivity contribution in [1.82, 2.24) is 10.2 Å². The Morgan fingerprint density at radius 3 is 2.94 bits per heavy atom. The van der Waals surface area contributed by atoms with Gasteiger partial charge in [-0.15, -0.1) is 0 Å². The first-order valence-corrected chi connectivity index (χ1v) is 6.77. The molecule has 3 N–H and O–H groups in total. The largest absolute Gasteiger partial charge is 0.382 e. The molecule has 2 heterocycles. The lowest BCUT2D eigenvalue weighted by Gasteiger charge is -2.11. The molecule has 0 bridgehead atoms. The minimum absolute atomic E-state index is 0.0805. The highest BCUT2D eigenvalue weighted by atomic mass is 79.9. The molecule has 1 atom stereocenters. The predicted octanol–water partition coefficient (Wildman–Crippen LogP) is 3.27. The maximum atomic E-state index is 5.99. The number of ether oxygens (including phenoxy) is 1. The van der Waals surface area contributed by atoms with Gasteiger partial charge in [0.1, 0.15) is 0 Å². The third-order valence-electron chi connectivity index (χ3n) is 3.22. The number of nitrogens with zero attached hydrogens (tertiary/aromatic N) is 1. The van der Waals surface area contributed by atoms with E-state index in [1.807, 2.05) is 24.3 Å². The Labute approximate surface area is 114 Å². The summed E-state index contributed by atoms with van der Waals surface area (Å²) in [6.45, 7) is 0.805. The van der Waals surface area contributed by atoms with Crippen LogP contribution in [0.25, 0.3) is 11.1 Å². The number of nitrogens with two attached hydrogens (primary N) is 1. The molecule has 1 fully saturated rings. The molecule has 1 aromatic carbocycles. The van der Waals surface area contributed by atoms with E-state index in [-0.39, 0.29) is 6.10 Å². The van der Waals surface area contributed by atoms with Crippen LogP contribution in [-0.4, -0.2) is 16.8 Å². The molecule has 18 heavy (non-hydrogen) atoms. The van der Waals surface area contributed by atoms with Crippen LogP contribution in [0.5, 0.6) is 0 Å². The first kappa shape index (κ1) is 11.7. The molecule has 0 radical (unpaired) electrons. The summed E-state index contributed by atoms with van der Waals surface area (Å²) >= 11 is 3.56. The van der Waals surface area contributed by atoms with Crippen molar-refractivity contribution in [1.29, 1.82) is 0 Å². The molecule has 0 aliphatic carbocycles. The number of nitrogen functional groups attached to an aromatic ring is 1. The topological polar surface area (TPSA) is 63.9 Å². The molecule has 1 unspecified atom stereocenters. The van der Waals surface area contributed by atoms with Gasteiger partial charge in [0.05, 0.1) is 17.4 Å². The van der Waals surface area contributed by atoms with Crippen molar-refractivity contribution in [3.05, 3.63) is 34.4 Å². The summed E-state index contributed by atoms with van der Waals surface area (Å²) in [6, 6.07) is 8.01. The fraction of sp³-hybridized carbons (Fsp3) is 0.308. The lowest BCUT2D eigenvalue weighted by atomic mass is 10.0. The van der Waals surface area contributed by atoms with E-state index in [1.54, 1.807) is 0 Å². The van der Waals surface area contributed by atoms with Crippen LogP contribution in [0, 0.1) is 0 Å². The second-order valence-corrected chi connectivity index (χ2v) is 5.23. The Kier molecular flexibility index (Phi) is 3.09. The average Bonchev–Trinajstić information content (AvgIpc) is 2.99. The summed E-state index contributed by atoms with van der Waals surface area (Å²) in [5.41, 5.74) is 8.98. The zero-order valence-corrected chi connectivity index (χ0v) is 11.4. The van der Waals surface area contributed by atoms with Crippen molar-refractivity contribution in [2.75, 3.05) is 12.3 Å². The minimum Gasteiger partial charge on any atom is -0.382 e. The zero-order chi connectivity index (χ0) is 12.5. The number of hydrogen-bond acceptors (Lipinski definition) is 3. The van der Waals surface area contributed by atoms with Crippen LogP contribution in [0.4, 0.5) is 5.82 Å². The molecule has 3 rings (SSSR count). The highest BCUT2D eigenvalue weighted by molar-refractivity contribution is 9.10. The van der Waals surface area contributed by atoms with E-state index in [9.17, 15) is 0 Å². The summed E-state index contributed by atoms with van der Waals surface area (Å²) in [5, 5.41) is 7.15. The van der Waals surface area contributed by atoms with Crippen molar-refractivity contribution in [2.24, 2.45) is 0 Å². The van der Waals surface area contributed by atoms with Crippen molar-refractivity contribution in [3.63, 3.8) is 0 Å². The summed E-state index contributed by atoms with van der Waals surface area (Å²) < 4.78 is 6.72. The van der Waals surface area contributed by atoms with E-state index in [4.69, 9.17) is 10.5 Å². The highest BCUT2D eigenvalue weighted by Gasteiger charge is 2.25. The Balaban J connectivity index is 2.11. The Morgan fingerprint density at radius 1 is 1.39 bits per heavy atom. The van der Waals surface area contributed by atoms with Gasteiger partial charge in [0.25, 0.3) is 0 Å². The molecule has 94 valence electrons. The summed E-state index contributed by atoms with van der Waals surface area (Å²) in [4.78, 5) is 0. The molecule has 2 aromatic rings. The lowest BCUT2D eigenvalue weighted by molar-refractivity contribution is 0.109. The van der Waals surface area contributed by atoms with Gasteiger partial charge in [-0.05, 0) is 18.9 Å².